The van der Waals surface area contributed by atoms with Gasteiger partial charge in [-0.2, -0.15) is 0 Å². The SMILES string of the molecule is Cc1cccc(N2C(=S)N[C@H](c3ccccn3)[C@@H]2c2cc(C)n(CCCN3CCOCC3)c2C)c1. The van der Waals surface area contributed by atoms with Gasteiger partial charge in [-0.25, -0.2) is 0 Å². The van der Waals surface area contributed by atoms with Gasteiger partial charge in [0.15, 0.2) is 5.11 Å². The van der Waals surface area contributed by atoms with Crippen molar-refractivity contribution in [3.63, 3.8) is 0 Å². The van der Waals surface area contributed by atoms with Crippen molar-refractivity contribution in [1.29, 1.82) is 0 Å². The van der Waals surface area contributed by atoms with Crippen LogP contribution in [0.2, 0.25) is 0 Å². The summed E-state index contributed by atoms with van der Waals surface area (Å²) in [6.07, 6.45) is 2.99. The minimum absolute atomic E-state index is 0.0217. The maximum Gasteiger partial charge on any atom is 0.174 e. The smallest absolute Gasteiger partial charge is 0.174 e. The van der Waals surface area contributed by atoms with Gasteiger partial charge in [0.2, 0.25) is 0 Å². The van der Waals surface area contributed by atoms with E-state index in [0.29, 0.717) is 0 Å². The minimum atomic E-state index is -0.0217. The maximum absolute atomic E-state index is 5.91. The third-order valence-electron chi connectivity index (χ3n) is 7.27. The number of nitrogens with zero attached hydrogens (tertiary/aromatic N) is 4. The van der Waals surface area contributed by atoms with Crippen LogP contribution >= 0.6 is 12.2 Å². The highest BCUT2D eigenvalue weighted by Crippen LogP contribution is 2.43. The van der Waals surface area contributed by atoms with Crippen LogP contribution in [0, 0.1) is 20.8 Å². The molecule has 7 heteroatoms. The molecule has 0 saturated carbocycles. The summed E-state index contributed by atoms with van der Waals surface area (Å²) in [4.78, 5) is 9.49. The Morgan fingerprint density at radius 1 is 1.03 bits per heavy atom. The zero-order chi connectivity index (χ0) is 24.4. The van der Waals surface area contributed by atoms with Gasteiger partial charge in [0, 0.05) is 49.5 Å². The third-order valence-corrected chi connectivity index (χ3v) is 7.58. The van der Waals surface area contributed by atoms with Gasteiger partial charge in [0.1, 0.15) is 0 Å². The third kappa shape index (κ3) is 4.99. The predicted molar refractivity (Wildman–Crippen MR) is 145 cm³/mol. The van der Waals surface area contributed by atoms with Crippen LogP contribution in [-0.2, 0) is 11.3 Å². The first-order chi connectivity index (χ1) is 17.0. The Hall–Kier alpha value is -2.74. The van der Waals surface area contributed by atoms with Gasteiger partial charge in [0.25, 0.3) is 0 Å². The van der Waals surface area contributed by atoms with Crippen LogP contribution in [0.5, 0.6) is 0 Å². The fourth-order valence-corrected chi connectivity index (χ4v) is 5.82. The van der Waals surface area contributed by atoms with Gasteiger partial charge in [0.05, 0.1) is 31.0 Å². The molecule has 2 aliphatic rings. The molecule has 1 N–H and O–H groups in total. The molecule has 2 aromatic heterocycles. The van der Waals surface area contributed by atoms with Crippen LogP contribution in [0.3, 0.4) is 0 Å². The molecule has 1 aromatic carbocycles. The Balaban J connectivity index is 1.47. The summed E-state index contributed by atoms with van der Waals surface area (Å²) in [5.41, 5.74) is 7.24. The van der Waals surface area contributed by atoms with Crippen molar-refractivity contribution in [3.05, 3.63) is 82.9 Å². The molecule has 2 aliphatic heterocycles. The molecule has 0 radical (unpaired) electrons. The topological polar surface area (TPSA) is 45.6 Å². The highest BCUT2D eigenvalue weighted by molar-refractivity contribution is 7.80. The molecular formula is C28H35N5OS. The zero-order valence-electron chi connectivity index (χ0n) is 20.9. The van der Waals surface area contributed by atoms with Gasteiger partial charge < -0.3 is 19.5 Å². The van der Waals surface area contributed by atoms with E-state index in [4.69, 9.17) is 21.9 Å². The van der Waals surface area contributed by atoms with Crippen molar-refractivity contribution in [2.24, 2.45) is 0 Å². The van der Waals surface area contributed by atoms with Gasteiger partial charge >= 0.3 is 0 Å². The van der Waals surface area contributed by atoms with E-state index in [9.17, 15) is 0 Å². The van der Waals surface area contributed by atoms with Crippen molar-refractivity contribution in [3.8, 4) is 0 Å². The van der Waals surface area contributed by atoms with Gasteiger partial charge in [-0.1, -0.05) is 18.2 Å². The van der Waals surface area contributed by atoms with Gasteiger partial charge in [-0.15, -0.1) is 0 Å². The summed E-state index contributed by atoms with van der Waals surface area (Å²) in [5.74, 6) is 0. The number of ether oxygens (including phenoxy) is 1. The number of pyridine rings is 1. The number of hydrogen-bond acceptors (Lipinski definition) is 4. The van der Waals surface area contributed by atoms with Crippen LogP contribution < -0.4 is 10.2 Å². The van der Waals surface area contributed by atoms with Gasteiger partial charge in [-0.05, 0) is 80.9 Å². The molecule has 0 amide bonds. The lowest BCUT2D eigenvalue weighted by Crippen LogP contribution is -2.37. The largest absolute Gasteiger partial charge is 0.379 e. The van der Waals surface area contributed by atoms with E-state index in [-0.39, 0.29) is 12.1 Å². The number of hydrogen-bond donors (Lipinski definition) is 1. The average Bonchev–Trinajstić information content (AvgIpc) is 3.36. The quantitative estimate of drug-likeness (QED) is 0.485. The number of aromatic nitrogens is 2. The molecule has 2 fully saturated rings. The lowest BCUT2D eigenvalue weighted by Gasteiger charge is -2.28. The van der Waals surface area contributed by atoms with Gasteiger partial charge in [-0.3, -0.25) is 9.88 Å². The molecule has 3 aromatic rings. The summed E-state index contributed by atoms with van der Waals surface area (Å²) in [6, 6.07) is 17.1. The second-order valence-corrected chi connectivity index (χ2v) is 10.0. The maximum atomic E-state index is 5.91. The van der Waals surface area contributed by atoms with Crippen LogP contribution in [-0.4, -0.2) is 52.4 Å². The summed E-state index contributed by atoms with van der Waals surface area (Å²) in [6.45, 7) is 12.5. The first kappa shape index (κ1) is 24.0. The monoisotopic (exact) mass is 489 g/mol. The van der Waals surface area contributed by atoms with Crippen LogP contribution in [0.4, 0.5) is 5.69 Å². The van der Waals surface area contributed by atoms with Crippen LogP contribution in [0.15, 0.2) is 54.7 Å². The minimum Gasteiger partial charge on any atom is -0.379 e. The normalized spacial score (nSPS) is 20.9. The summed E-state index contributed by atoms with van der Waals surface area (Å²) >= 11 is 5.91. The average molecular weight is 490 g/mol. The molecule has 2 atom stereocenters. The first-order valence-electron chi connectivity index (χ1n) is 12.6. The fraction of sp³-hybridized carbons (Fsp3) is 0.429. The van der Waals surface area contributed by atoms with Crippen LogP contribution in [0.1, 0.15) is 46.7 Å². The van der Waals surface area contributed by atoms with E-state index in [1.165, 1.54) is 22.5 Å². The van der Waals surface area contributed by atoms with Crippen molar-refractivity contribution in [1.82, 2.24) is 19.8 Å². The number of rotatable bonds is 7. The Morgan fingerprint density at radius 3 is 2.60 bits per heavy atom. The lowest BCUT2D eigenvalue weighted by molar-refractivity contribution is 0.0369. The van der Waals surface area contributed by atoms with Crippen molar-refractivity contribution >= 4 is 23.0 Å². The second kappa shape index (κ2) is 10.5. The van der Waals surface area contributed by atoms with Crippen molar-refractivity contribution in [2.75, 3.05) is 37.7 Å². The van der Waals surface area contributed by atoms with Crippen LogP contribution in [0.25, 0.3) is 0 Å². The van der Waals surface area contributed by atoms with Crippen molar-refractivity contribution in [2.45, 2.75) is 45.8 Å². The standard InChI is InChI=1S/C28H35N5OS/c1-20-8-6-9-23(18-20)33-27(26(30-28(33)35)25-10-4-5-11-29-25)24-19-21(2)32(22(24)3)13-7-12-31-14-16-34-17-15-31/h4-6,8-11,18-19,26-27H,7,12-17H2,1-3H3,(H,30,35)/t26-,27+/m1/s1. The molecule has 0 bridgehead atoms. The first-order valence-corrected chi connectivity index (χ1v) is 13.0. The Kier molecular flexibility index (Phi) is 7.18. The molecule has 0 spiro atoms. The second-order valence-electron chi connectivity index (χ2n) is 9.62. The Bertz CT molecular complexity index is 1170. The molecular weight excluding hydrogens is 454 g/mol. The number of thiocarbonyl (C=S) groups is 1. The molecule has 6 nitrogen and oxygen atoms in total. The molecule has 2 saturated heterocycles. The Labute approximate surface area is 213 Å². The molecule has 35 heavy (non-hydrogen) atoms. The molecule has 184 valence electrons. The summed E-state index contributed by atoms with van der Waals surface area (Å²) in [7, 11) is 0. The molecule has 0 unspecified atom stereocenters. The number of aryl methyl sites for hydroxylation is 2. The highest BCUT2D eigenvalue weighted by atomic mass is 32.1. The number of anilines is 1. The lowest BCUT2D eigenvalue weighted by atomic mass is 9.96. The van der Waals surface area contributed by atoms with Crippen molar-refractivity contribution < 1.29 is 4.74 Å². The van der Waals surface area contributed by atoms with E-state index < -0.39 is 0 Å². The molecule has 0 aliphatic carbocycles. The molecule has 4 heterocycles. The van der Waals surface area contributed by atoms with E-state index in [2.05, 4.69) is 76.9 Å². The van der Waals surface area contributed by atoms with E-state index in [0.717, 1.165) is 62.3 Å². The predicted octanol–water partition coefficient (Wildman–Crippen LogP) is 4.71. The number of nitrogens with one attached hydrogen (secondary N) is 1. The number of morpholine rings is 1. The fourth-order valence-electron chi connectivity index (χ4n) is 5.48. The molecule has 5 rings (SSSR count). The van der Waals surface area contributed by atoms with E-state index in [1.807, 2.05) is 18.3 Å². The van der Waals surface area contributed by atoms with E-state index >= 15 is 0 Å². The Morgan fingerprint density at radius 2 is 1.86 bits per heavy atom. The number of benzene rings is 1. The van der Waals surface area contributed by atoms with E-state index in [1.54, 1.807) is 0 Å². The summed E-state index contributed by atoms with van der Waals surface area (Å²) < 4.78 is 7.97. The zero-order valence-corrected chi connectivity index (χ0v) is 21.7. The highest BCUT2D eigenvalue weighted by Gasteiger charge is 2.42. The summed E-state index contributed by atoms with van der Waals surface area (Å²) in [5, 5.41) is 4.34.